The van der Waals surface area contributed by atoms with Crippen molar-refractivity contribution in [3.63, 3.8) is 0 Å². The molecule has 2 N–H and O–H groups in total. The summed E-state index contributed by atoms with van der Waals surface area (Å²) in [6.07, 6.45) is 9.50. The van der Waals surface area contributed by atoms with E-state index in [4.69, 9.17) is 5.73 Å². The Balaban J connectivity index is 1.96. The largest absolute Gasteiger partial charge is 0.324 e. The fourth-order valence-electron chi connectivity index (χ4n) is 2.86. The number of aryl methyl sites for hydroxylation is 2. The summed E-state index contributed by atoms with van der Waals surface area (Å²) in [5, 5.41) is 4.46. The van der Waals surface area contributed by atoms with Crippen LogP contribution < -0.4 is 5.73 Å². The molecule has 3 heteroatoms. The van der Waals surface area contributed by atoms with Crippen LogP contribution in [0.2, 0.25) is 0 Å². The summed E-state index contributed by atoms with van der Waals surface area (Å²) < 4.78 is 1.97. The molecule has 0 saturated carbocycles. The zero-order valence-electron chi connectivity index (χ0n) is 11.9. The second kappa shape index (κ2) is 5.70. The smallest absolute Gasteiger partial charge is 0.0628 e. The van der Waals surface area contributed by atoms with Gasteiger partial charge < -0.3 is 5.73 Å². The topological polar surface area (TPSA) is 43.8 Å². The first-order valence-electron chi connectivity index (χ1n) is 7.03. The summed E-state index contributed by atoms with van der Waals surface area (Å²) in [6, 6.07) is 0.240. The lowest BCUT2D eigenvalue weighted by Gasteiger charge is -2.19. The first-order valence-corrected chi connectivity index (χ1v) is 7.03. The zero-order chi connectivity index (χ0) is 13.1. The van der Waals surface area contributed by atoms with Crippen LogP contribution >= 0.6 is 0 Å². The van der Waals surface area contributed by atoms with Gasteiger partial charge in [0.2, 0.25) is 0 Å². The van der Waals surface area contributed by atoms with Gasteiger partial charge in [0.05, 0.1) is 5.69 Å². The van der Waals surface area contributed by atoms with E-state index in [-0.39, 0.29) is 6.04 Å². The summed E-state index contributed by atoms with van der Waals surface area (Å²) in [6.45, 7) is 4.23. The van der Waals surface area contributed by atoms with E-state index in [9.17, 15) is 0 Å². The molecule has 1 unspecified atom stereocenters. The lowest BCUT2D eigenvalue weighted by atomic mass is 9.91. The average molecular weight is 247 g/mol. The summed E-state index contributed by atoms with van der Waals surface area (Å²) >= 11 is 0. The Morgan fingerprint density at radius 1 is 1.39 bits per heavy atom. The molecule has 100 valence electrons. The van der Waals surface area contributed by atoms with Gasteiger partial charge in [-0.2, -0.15) is 5.10 Å². The van der Waals surface area contributed by atoms with Crippen LogP contribution in [0, 0.1) is 13.8 Å². The number of nitrogens with two attached hydrogens (primary N) is 1. The van der Waals surface area contributed by atoms with E-state index < -0.39 is 0 Å². The quantitative estimate of drug-likeness (QED) is 0.831. The molecule has 0 aliphatic heterocycles. The first kappa shape index (κ1) is 13.3. The maximum atomic E-state index is 6.31. The second-order valence-electron chi connectivity index (χ2n) is 5.44. The van der Waals surface area contributed by atoms with Crippen molar-refractivity contribution in [3.05, 3.63) is 28.6 Å². The normalized spacial score (nSPS) is 17.7. The van der Waals surface area contributed by atoms with E-state index in [1.807, 2.05) is 11.7 Å². The summed E-state index contributed by atoms with van der Waals surface area (Å²) in [7, 11) is 2.01. The number of nitrogens with zero attached hydrogens (tertiary/aromatic N) is 2. The van der Waals surface area contributed by atoms with Crippen molar-refractivity contribution in [3.8, 4) is 0 Å². The Labute approximate surface area is 110 Å². The van der Waals surface area contributed by atoms with Gasteiger partial charge in [0, 0.05) is 18.8 Å². The molecular weight excluding hydrogens is 222 g/mol. The van der Waals surface area contributed by atoms with Crippen molar-refractivity contribution in [2.45, 2.75) is 58.4 Å². The monoisotopic (exact) mass is 247 g/mol. The molecule has 3 nitrogen and oxygen atoms in total. The number of hydrogen-bond acceptors (Lipinski definition) is 2. The zero-order valence-corrected chi connectivity index (χ0v) is 11.9. The SMILES string of the molecule is Cc1nn(C)c(C)c1CCC(N)C1=CCCCC1. The van der Waals surface area contributed by atoms with Crippen LogP contribution in [0.5, 0.6) is 0 Å². The van der Waals surface area contributed by atoms with Gasteiger partial charge in [0.1, 0.15) is 0 Å². The van der Waals surface area contributed by atoms with Gasteiger partial charge in [0.25, 0.3) is 0 Å². The van der Waals surface area contributed by atoms with Crippen molar-refractivity contribution in [1.29, 1.82) is 0 Å². The minimum Gasteiger partial charge on any atom is -0.324 e. The maximum Gasteiger partial charge on any atom is 0.0628 e. The summed E-state index contributed by atoms with van der Waals surface area (Å²) in [5.41, 5.74) is 11.6. The first-order chi connectivity index (χ1) is 8.59. The number of aromatic nitrogens is 2. The van der Waals surface area contributed by atoms with Crippen LogP contribution in [0.15, 0.2) is 11.6 Å². The van der Waals surface area contributed by atoms with Crippen LogP contribution in [0.4, 0.5) is 0 Å². The molecule has 0 saturated heterocycles. The summed E-state index contributed by atoms with van der Waals surface area (Å²) in [4.78, 5) is 0. The number of hydrogen-bond donors (Lipinski definition) is 1. The highest BCUT2D eigenvalue weighted by Crippen LogP contribution is 2.22. The van der Waals surface area contributed by atoms with E-state index >= 15 is 0 Å². The highest BCUT2D eigenvalue weighted by molar-refractivity contribution is 5.25. The van der Waals surface area contributed by atoms with Crippen molar-refractivity contribution in [2.75, 3.05) is 0 Å². The molecule has 1 atom stereocenters. The molecule has 18 heavy (non-hydrogen) atoms. The molecule has 1 aromatic rings. The average Bonchev–Trinajstić information content (AvgIpc) is 2.62. The third-order valence-electron chi connectivity index (χ3n) is 4.17. The van der Waals surface area contributed by atoms with Gasteiger partial charge in [-0.25, -0.2) is 0 Å². The predicted molar refractivity (Wildman–Crippen MR) is 75.5 cm³/mol. The Kier molecular flexibility index (Phi) is 4.23. The fourth-order valence-corrected chi connectivity index (χ4v) is 2.86. The van der Waals surface area contributed by atoms with Gasteiger partial charge in [-0.15, -0.1) is 0 Å². The molecule has 1 aliphatic carbocycles. The molecular formula is C15H25N3. The molecule has 0 radical (unpaired) electrons. The van der Waals surface area contributed by atoms with Crippen molar-refractivity contribution in [2.24, 2.45) is 12.8 Å². The second-order valence-corrected chi connectivity index (χ2v) is 5.44. The number of rotatable bonds is 4. The lowest BCUT2D eigenvalue weighted by molar-refractivity contribution is 0.603. The molecule has 0 bridgehead atoms. The predicted octanol–water partition coefficient (Wildman–Crippen LogP) is 2.80. The molecule has 0 fully saturated rings. The molecule has 0 amide bonds. The van der Waals surface area contributed by atoms with E-state index in [1.54, 1.807) is 0 Å². The third kappa shape index (κ3) is 2.83. The van der Waals surface area contributed by atoms with Crippen molar-refractivity contribution in [1.82, 2.24) is 9.78 Å². The van der Waals surface area contributed by atoms with Gasteiger partial charge in [-0.05, 0) is 57.9 Å². The third-order valence-corrected chi connectivity index (χ3v) is 4.17. The highest BCUT2D eigenvalue weighted by atomic mass is 15.3. The molecule has 1 heterocycles. The van der Waals surface area contributed by atoms with Crippen LogP contribution in [0.25, 0.3) is 0 Å². The van der Waals surface area contributed by atoms with Gasteiger partial charge in [0.15, 0.2) is 0 Å². The standard InChI is InChI=1S/C15H25N3/c1-11-14(12(2)18(3)17-11)9-10-15(16)13-7-5-4-6-8-13/h7,15H,4-6,8-10,16H2,1-3H3. The van der Waals surface area contributed by atoms with E-state index in [1.165, 1.54) is 42.5 Å². The Hall–Kier alpha value is -1.09. The Morgan fingerprint density at radius 3 is 2.72 bits per heavy atom. The minimum absolute atomic E-state index is 0.240. The van der Waals surface area contributed by atoms with E-state index in [0.29, 0.717) is 0 Å². The van der Waals surface area contributed by atoms with Crippen molar-refractivity contribution >= 4 is 0 Å². The molecule has 1 aliphatic rings. The van der Waals surface area contributed by atoms with Crippen LogP contribution in [-0.4, -0.2) is 15.8 Å². The minimum atomic E-state index is 0.240. The van der Waals surface area contributed by atoms with Crippen LogP contribution in [-0.2, 0) is 13.5 Å². The highest BCUT2D eigenvalue weighted by Gasteiger charge is 2.15. The summed E-state index contributed by atoms with van der Waals surface area (Å²) in [5.74, 6) is 0. The van der Waals surface area contributed by atoms with Gasteiger partial charge >= 0.3 is 0 Å². The maximum absolute atomic E-state index is 6.31. The number of allylic oxidation sites excluding steroid dienone is 1. The molecule has 2 rings (SSSR count). The lowest BCUT2D eigenvalue weighted by Crippen LogP contribution is -2.24. The van der Waals surface area contributed by atoms with Crippen LogP contribution in [0.3, 0.4) is 0 Å². The van der Waals surface area contributed by atoms with Gasteiger partial charge in [-0.3, -0.25) is 4.68 Å². The van der Waals surface area contributed by atoms with Crippen LogP contribution in [0.1, 0.15) is 49.1 Å². The van der Waals surface area contributed by atoms with E-state index in [0.717, 1.165) is 18.5 Å². The Bertz CT molecular complexity index is 443. The molecule has 0 aromatic carbocycles. The fraction of sp³-hybridized carbons (Fsp3) is 0.667. The molecule has 1 aromatic heterocycles. The molecule has 0 spiro atoms. The van der Waals surface area contributed by atoms with Crippen molar-refractivity contribution < 1.29 is 0 Å². The van der Waals surface area contributed by atoms with E-state index in [2.05, 4.69) is 25.0 Å². The Morgan fingerprint density at radius 2 is 2.17 bits per heavy atom. The van der Waals surface area contributed by atoms with Gasteiger partial charge in [-0.1, -0.05) is 11.6 Å².